The van der Waals surface area contributed by atoms with Crippen LogP contribution in [0.5, 0.6) is 0 Å². The zero-order chi connectivity index (χ0) is 12.8. The molecule has 3 heteroatoms. The van der Waals surface area contributed by atoms with Crippen LogP contribution >= 0.6 is 0 Å². The van der Waals surface area contributed by atoms with E-state index in [2.05, 4.69) is 17.4 Å². The molecule has 0 aliphatic rings. The minimum atomic E-state index is -0.218. The summed E-state index contributed by atoms with van der Waals surface area (Å²) in [6.07, 6.45) is 0.559. The molecule has 3 N–H and O–H groups in total. The molecule has 2 aromatic carbocycles. The van der Waals surface area contributed by atoms with Crippen LogP contribution in [0.2, 0.25) is 0 Å². The molecule has 0 radical (unpaired) electrons. The Labute approximate surface area is 107 Å². The lowest BCUT2D eigenvalue weighted by atomic mass is 10.1. The van der Waals surface area contributed by atoms with Gasteiger partial charge in [-0.1, -0.05) is 42.5 Å². The van der Waals surface area contributed by atoms with Gasteiger partial charge in [0.25, 0.3) is 0 Å². The van der Waals surface area contributed by atoms with Crippen molar-refractivity contribution >= 4 is 0 Å². The standard InChI is InChI=1S/C15H17FN2/c16-14-8-6-12(7-9-14)10-15(17)18-11-13-4-2-1-3-5-13/h1-9,15,18H,10-11,17H2. The van der Waals surface area contributed by atoms with Gasteiger partial charge in [-0.15, -0.1) is 0 Å². The molecule has 2 aromatic rings. The van der Waals surface area contributed by atoms with E-state index in [4.69, 9.17) is 5.73 Å². The minimum absolute atomic E-state index is 0.129. The number of benzene rings is 2. The molecule has 0 heterocycles. The van der Waals surface area contributed by atoms with Crippen LogP contribution in [-0.2, 0) is 13.0 Å². The van der Waals surface area contributed by atoms with Gasteiger partial charge in [-0.05, 0) is 23.3 Å². The number of nitrogens with one attached hydrogen (secondary N) is 1. The third-order valence-corrected chi connectivity index (χ3v) is 2.78. The quantitative estimate of drug-likeness (QED) is 0.793. The van der Waals surface area contributed by atoms with E-state index >= 15 is 0 Å². The molecule has 0 aromatic heterocycles. The van der Waals surface area contributed by atoms with Crippen molar-refractivity contribution in [3.05, 3.63) is 71.5 Å². The highest BCUT2D eigenvalue weighted by Crippen LogP contribution is 2.05. The van der Waals surface area contributed by atoms with Crippen molar-refractivity contribution in [2.45, 2.75) is 19.1 Å². The van der Waals surface area contributed by atoms with Crippen LogP contribution < -0.4 is 11.1 Å². The van der Waals surface area contributed by atoms with Gasteiger partial charge >= 0.3 is 0 Å². The van der Waals surface area contributed by atoms with Crippen molar-refractivity contribution in [3.63, 3.8) is 0 Å². The van der Waals surface area contributed by atoms with Crippen LogP contribution in [0.1, 0.15) is 11.1 Å². The SMILES string of the molecule is NC(Cc1ccc(F)cc1)NCc1ccccc1. The lowest BCUT2D eigenvalue weighted by Gasteiger charge is -2.14. The number of halogens is 1. The summed E-state index contributed by atoms with van der Waals surface area (Å²) in [5, 5.41) is 3.25. The zero-order valence-electron chi connectivity index (χ0n) is 10.1. The van der Waals surface area contributed by atoms with Gasteiger partial charge in [-0.3, -0.25) is 5.32 Å². The molecule has 0 fully saturated rings. The number of hydrogen-bond donors (Lipinski definition) is 2. The zero-order valence-corrected chi connectivity index (χ0v) is 10.1. The van der Waals surface area contributed by atoms with Gasteiger partial charge < -0.3 is 5.73 Å². The Morgan fingerprint density at radius 3 is 2.28 bits per heavy atom. The second-order valence-corrected chi connectivity index (χ2v) is 4.30. The summed E-state index contributed by atoms with van der Waals surface area (Å²) in [5.74, 6) is -0.218. The molecule has 0 saturated heterocycles. The maximum absolute atomic E-state index is 12.7. The Bertz CT molecular complexity index is 468. The van der Waals surface area contributed by atoms with Crippen molar-refractivity contribution in [1.29, 1.82) is 0 Å². The smallest absolute Gasteiger partial charge is 0.123 e. The molecule has 94 valence electrons. The number of nitrogens with two attached hydrogens (primary N) is 1. The van der Waals surface area contributed by atoms with Gasteiger partial charge in [-0.2, -0.15) is 0 Å². The van der Waals surface area contributed by atoms with Crippen molar-refractivity contribution in [2.75, 3.05) is 0 Å². The summed E-state index contributed by atoms with van der Waals surface area (Å²) in [6, 6.07) is 16.5. The normalized spacial score (nSPS) is 12.3. The first kappa shape index (κ1) is 12.7. The summed E-state index contributed by atoms with van der Waals surface area (Å²) in [7, 11) is 0. The van der Waals surface area contributed by atoms with Crippen molar-refractivity contribution in [2.24, 2.45) is 5.73 Å². The predicted octanol–water partition coefficient (Wildman–Crippen LogP) is 2.44. The maximum atomic E-state index is 12.7. The van der Waals surface area contributed by atoms with Crippen LogP contribution in [-0.4, -0.2) is 6.17 Å². The highest BCUT2D eigenvalue weighted by Gasteiger charge is 2.03. The lowest BCUT2D eigenvalue weighted by molar-refractivity contribution is 0.523. The van der Waals surface area contributed by atoms with Crippen LogP contribution in [0.3, 0.4) is 0 Å². The molecule has 0 saturated carbocycles. The van der Waals surface area contributed by atoms with E-state index in [1.807, 2.05) is 18.2 Å². The first-order chi connectivity index (χ1) is 8.74. The van der Waals surface area contributed by atoms with Gasteiger partial charge in [0.1, 0.15) is 5.82 Å². The molecule has 2 nitrogen and oxygen atoms in total. The first-order valence-electron chi connectivity index (χ1n) is 6.01. The Morgan fingerprint density at radius 2 is 1.61 bits per heavy atom. The Balaban J connectivity index is 1.82. The van der Waals surface area contributed by atoms with E-state index in [0.717, 1.165) is 12.1 Å². The summed E-state index contributed by atoms with van der Waals surface area (Å²) in [6.45, 7) is 0.739. The van der Waals surface area contributed by atoms with Crippen LogP contribution in [0.15, 0.2) is 54.6 Å². The van der Waals surface area contributed by atoms with Crippen LogP contribution in [0.4, 0.5) is 4.39 Å². The highest BCUT2D eigenvalue weighted by molar-refractivity contribution is 5.17. The van der Waals surface area contributed by atoms with Gasteiger partial charge in [0.2, 0.25) is 0 Å². The summed E-state index contributed by atoms with van der Waals surface area (Å²) < 4.78 is 12.7. The van der Waals surface area contributed by atoms with Gasteiger partial charge in [0.15, 0.2) is 0 Å². The fourth-order valence-corrected chi connectivity index (χ4v) is 1.79. The summed E-state index contributed by atoms with van der Waals surface area (Å²) in [4.78, 5) is 0. The van der Waals surface area contributed by atoms with E-state index in [1.54, 1.807) is 12.1 Å². The fraction of sp³-hybridized carbons (Fsp3) is 0.200. The topological polar surface area (TPSA) is 38.0 Å². The van der Waals surface area contributed by atoms with Crippen molar-refractivity contribution < 1.29 is 4.39 Å². The van der Waals surface area contributed by atoms with Crippen molar-refractivity contribution in [3.8, 4) is 0 Å². The Hall–Kier alpha value is -1.71. The van der Waals surface area contributed by atoms with Crippen LogP contribution in [0, 0.1) is 5.82 Å². The highest BCUT2D eigenvalue weighted by atomic mass is 19.1. The summed E-state index contributed by atoms with van der Waals surface area (Å²) >= 11 is 0. The predicted molar refractivity (Wildman–Crippen MR) is 71.4 cm³/mol. The largest absolute Gasteiger partial charge is 0.316 e. The molecule has 0 bridgehead atoms. The van der Waals surface area contributed by atoms with E-state index in [1.165, 1.54) is 17.7 Å². The van der Waals surface area contributed by atoms with E-state index < -0.39 is 0 Å². The third-order valence-electron chi connectivity index (χ3n) is 2.78. The molecule has 0 amide bonds. The Morgan fingerprint density at radius 1 is 0.944 bits per heavy atom. The van der Waals surface area contributed by atoms with Crippen LogP contribution in [0.25, 0.3) is 0 Å². The molecule has 1 atom stereocenters. The fourth-order valence-electron chi connectivity index (χ4n) is 1.79. The van der Waals surface area contributed by atoms with E-state index in [-0.39, 0.29) is 12.0 Å². The third kappa shape index (κ3) is 3.95. The second-order valence-electron chi connectivity index (χ2n) is 4.30. The van der Waals surface area contributed by atoms with E-state index in [0.29, 0.717) is 6.42 Å². The molecule has 0 aliphatic carbocycles. The average Bonchev–Trinajstić information content (AvgIpc) is 2.40. The van der Waals surface area contributed by atoms with Crippen molar-refractivity contribution in [1.82, 2.24) is 5.32 Å². The minimum Gasteiger partial charge on any atom is -0.316 e. The molecular weight excluding hydrogens is 227 g/mol. The monoisotopic (exact) mass is 244 g/mol. The molecule has 18 heavy (non-hydrogen) atoms. The first-order valence-corrected chi connectivity index (χ1v) is 6.01. The Kier molecular flexibility index (Phi) is 4.45. The molecule has 2 rings (SSSR count). The lowest BCUT2D eigenvalue weighted by Crippen LogP contribution is -2.38. The maximum Gasteiger partial charge on any atom is 0.123 e. The second kappa shape index (κ2) is 6.28. The van der Waals surface area contributed by atoms with E-state index in [9.17, 15) is 4.39 Å². The number of rotatable bonds is 5. The molecular formula is C15H17FN2. The molecule has 1 unspecified atom stereocenters. The van der Waals surface area contributed by atoms with Gasteiger partial charge in [-0.25, -0.2) is 4.39 Å². The van der Waals surface area contributed by atoms with Gasteiger partial charge in [0, 0.05) is 13.0 Å². The molecule has 0 spiro atoms. The van der Waals surface area contributed by atoms with Gasteiger partial charge in [0.05, 0.1) is 6.17 Å². The molecule has 0 aliphatic heterocycles. The average molecular weight is 244 g/mol. The number of hydrogen-bond acceptors (Lipinski definition) is 2. The summed E-state index contributed by atoms with van der Waals surface area (Å²) in [5.41, 5.74) is 8.22.